The molecule has 0 aliphatic carbocycles. The minimum absolute atomic E-state index is 0.0632. The first-order valence-corrected chi connectivity index (χ1v) is 8.48. The van der Waals surface area contributed by atoms with Gasteiger partial charge in [-0.05, 0) is 45.9 Å². The number of hydrogen-bond acceptors (Lipinski definition) is 3. The molecular weight excluding hydrogens is 407 g/mol. The topological polar surface area (TPSA) is 58.6 Å². The van der Waals surface area contributed by atoms with E-state index in [1.165, 1.54) is 0 Å². The second-order valence-electron chi connectivity index (χ2n) is 5.43. The molecule has 23 heavy (non-hydrogen) atoms. The van der Waals surface area contributed by atoms with E-state index < -0.39 is 0 Å². The lowest BCUT2D eigenvalue weighted by atomic mass is 10.2. The normalized spacial score (nSPS) is 20.5. The molecule has 2 aromatic carbocycles. The summed E-state index contributed by atoms with van der Waals surface area (Å²) in [6, 6.07) is 15.2. The quantitative estimate of drug-likeness (QED) is 0.572. The molecule has 2 amide bonds. The first-order chi connectivity index (χ1) is 11.1. The molecule has 0 aromatic heterocycles. The van der Waals surface area contributed by atoms with E-state index in [1.54, 1.807) is 0 Å². The number of rotatable bonds is 5. The maximum Gasteiger partial charge on any atom is 0.454 e. The Morgan fingerprint density at radius 1 is 1.17 bits per heavy atom. The van der Waals surface area contributed by atoms with Gasteiger partial charge in [0.2, 0.25) is 0 Å². The van der Waals surface area contributed by atoms with Crippen molar-refractivity contribution in [2.24, 2.45) is 0 Å². The fraction of sp³-hybridized carbons (Fsp3) is 0.235. The highest BCUT2D eigenvalue weighted by molar-refractivity contribution is 14.1. The number of hydroxylamine groups is 2. The zero-order chi connectivity index (χ0) is 16.3. The van der Waals surface area contributed by atoms with E-state index in [0.29, 0.717) is 19.7 Å². The number of nitrogens with zero attached hydrogens (tertiary/aromatic N) is 1. The van der Waals surface area contributed by atoms with Crippen molar-refractivity contribution in [1.29, 1.82) is 0 Å². The molecule has 5 nitrogen and oxygen atoms in total. The molecule has 1 atom stereocenters. The molecule has 120 valence electrons. The third-order valence-corrected chi connectivity index (χ3v) is 4.55. The molecule has 1 heterocycles. The molecule has 1 aliphatic heterocycles. The van der Waals surface area contributed by atoms with Gasteiger partial charge in [-0.1, -0.05) is 28.9 Å². The first kappa shape index (κ1) is 16.4. The molecule has 0 radical (unpaired) electrons. The molecule has 1 saturated heterocycles. The Morgan fingerprint density at radius 2 is 1.96 bits per heavy atom. The summed E-state index contributed by atoms with van der Waals surface area (Å²) in [4.78, 5) is 18.5. The molecular formula is C17H18IN2O3+. The number of amides is 2. The number of halogens is 1. The van der Waals surface area contributed by atoms with E-state index in [0.717, 1.165) is 20.4 Å². The van der Waals surface area contributed by atoms with Crippen LogP contribution in [-0.4, -0.2) is 24.2 Å². The minimum Gasteiger partial charge on any atom is -0.392 e. The minimum atomic E-state index is -0.195. The molecule has 1 aliphatic rings. The number of urea groups is 1. The largest absolute Gasteiger partial charge is 0.454 e. The van der Waals surface area contributed by atoms with Crippen LogP contribution in [0.5, 0.6) is 0 Å². The van der Waals surface area contributed by atoms with Crippen molar-refractivity contribution >= 4 is 34.3 Å². The Balaban J connectivity index is 1.89. The highest BCUT2D eigenvalue weighted by Crippen LogP contribution is 2.29. The van der Waals surface area contributed by atoms with Gasteiger partial charge >= 0.3 is 6.03 Å². The van der Waals surface area contributed by atoms with Gasteiger partial charge in [0, 0.05) is 15.7 Å². The van der Waals surface area contributed by atoms with Crippen molar-refractivity contribution in [3.63, 3.8) is 0 Å². The lowest BCUT2D eigenvalue weighted by molar-refractivity contribution is -0.106. The predicted octanol–water partition coefficient (Wildman–Crippen LogP) is 2.95. The summed E-state index contributed by atoms with van der Waals surface area (Å²) < 4.78 is 0.933. The van der Waals surface area contributed by atoms with Crippen molar-refractivity contribution in [2.75, 3.05) is 13.1 Å². The Morgan fingerprint density at radius 3 is 2.65 bits per heavy atom. The van der Waals surface area contributed by atoms with E-state index in [1.807, 2.05) is 48.5 Å². The van der Waals surface area contributed by atoms with Crippen molar-refractivity contribution in [3.8, 4) is 0 Å². The summed E-state index contributed by atoms with van der Waals surface area (Å²) in [6.07, 6.45) is 0. The Kier molecular flexibility index (Phi) is 4.96. The fourth-order valence-corrected chi connectivity index (χ4v) is 3.29. The molecule has 1 unspecified atom stereocenters. The van der Waals surface area contributed by atoms with Crippen molar-refractivity contribution < 1.29 is 14.7 Å². The maximum absolute atomic E-state index is 12.5. The lowest BCUT2D eigenvalue weighted by Crippen LogP contribution is -2.51. The molecule has 3 rings (SSSR count). The molecule has 6 heteroatoms. The molecule has 1 fully saturated rings. The van der Waals surface area contributed by atoms with Gasteiger partial charge in [-0.15, -0.1) is 0 Å². The van der Waals surface area contributed by atoms with E-state index in [9.17, 15) is 9.90 Å². The third-order valence-electron chi connectivity index (χ3n) is 3.88. The van der Waals surface area contributed by atoms with Gasteiger partial charge in [0.15, 0.2) is 5.69 Å². The number of carbonyl (C=O) groups is 1. The third kappa shape index (κ3) is 3.40. The maximum atomic E-state index is 12.5. The van der Waals surface area contributed by atoms with Gasteiger partial charge in [-0.2, -0.15) is 4.84 Å². The average molecular weight is 425 g/mol. The summed E-state index contributed by atoms with van der Waals surface area (Å²) in [5.41, 5.74) is 2.52. The summed E-state index contributed by atoms with van der Waals surface area (Å²) in [5.74, 6) is 0. The van der Waals surface area contributed by atoms with Crippen LogP contribution >= 0.6 is 22.6 Å². The number of nitrogens with one attached hydrogen (secondary N) is 1. The van der Waals surface area contributed by atoms with Gasteiger partial charge in [0.05, 0.1) is 13.2 Å². The molecule has 0 spiro atoms. The summed E-state index contributed by atoms with van der Waals surface area (Å²) in [7, 11) is 0. The van der Waals surface area contributed by atoms with Crippen LogP contribution in [0, 0.1) is 3.57 Å². The van der Waals surface area contributed by atoms with Gasteiger partial charge in [-0.3, -0.25) is 5.32 Å². The van der Waals surface area contributed by atoms with Crippen LogP contribution in [0.3, 0.4) is 0 Å². The van der Waals surface area contributed by atoms with Crippen LogP contribution in [0.2, 0.25) is 0 Å². The van der Waals surface area contributed by atoms with Gasteiger partial charge in [0.1, 0.15) is 13.2 Å². The number of aliphatic hydroxyl groups excluding tert-OH is 1. The Hall–Kier alpha value is -1.48. The fourth-order valence-electron chi connectivity index (χ4n) is 2.68. The number of carbonyl (C=O) groups excluding carboxylic acids is 1. The van der Waals surface area contributed by atoms with E-state index in [4.69, 9.17) is 4.84 Å². The number of benzene rings is 2. The van der Waals surface area contributed by atoms with E-state index in [-0.39, 0.29) is 17.3 Å². The first-order valence-electron chi connectivity index (χ1n) is 7.40. The van der Waals surface area contributed by atoms with Crippen molar-refractivity contribution in [1.82, 2.24) is 9.96 Å². The van der Waals surface area contributed by atoms with Gasteiger partial charge in [-0.25, -0.2) is 4.79 Å². The monoisotopic (exact) mass is 425 g/mol. The van der Waals surface area contributed by atoms with Crippen LogP contribution in [0.1, 0.15) is 11.1 Å². The van der Waals surface area contributed by atoms with E-state index >= 15 is 0 Å². The number of aliphatic hydroxyl groups is 1. The zero-order valence-electron chi connectivity index (χ0n) is 12.5. The molecule has 2 aromatic rings. The smallest absolute Gasteiger partial charge is 0.392 e. The highest BCUT2D eigenvalue weighted by Gasteiger charge is 2.47. The highest BCUT2D eigenvalue weighted by atomic mass is 127. The van der Waals surface area contributed by atoms with Crippen molar-refractivity contribution in [3.05, 3.63) is 63.2 Å². The van der Waals surface area contributed by atoms with Gasteiger partial charge in [0.25, 0.3) is 0 Å². The van der Waals surface area contributed by atoms with Crippen LogP contribution in [0.25, 0.3) is 0 Å². The van der Waals surface area contributed by atoms with Crippen molar-refractivity contribution in [2.45, 2.75) is 13.2 Å². The standard InChI is InChI=1S/C17H17IN2O3/c18-15-5-1-4-14(9-15)12-23-20(8-7-19-17(20)22)16-6-2-3-13(10-16)11-21/h1-6,9-10,21H,7-8,11-12H2/p+1. The Bertz CT molecular complexity index is 722. The van der Waals surface area contributed by atoms with E-state index in [2.05, 4.69) is 27.9 Å². The Labute approximate surface area is 148 Å². The lowest BCUT2D eigenvalue weighted by Gasteiger charge is -2.26. The summed E-state index contributed by atoms with van der Waals surface area (Å²) in [6.45, 7) is 1.37. The summed E-state index contributed by atoms with van der Waals surface area (Å²) >= 11 is 2.25. The SMILES string of the molecule is O=C1NCC[N+]1(OCc1cccc(I)c1)c1cccc(CO)c1. The predicted molar refractivity (Wildman–Crippen MR) is 96.4 cm³/mol. The second kappa shape index (κ2) is 6.96. The molecule has 0 bridgehead atoms. The average Bonchev–Trinajstić information content (AvgIpc) is 2.95. The zero-order valence-corrected chi connectivity index (χ0v) is 14.7. The van der Waals surface area contributed by atoms with Crippen LogP contribution < -0.4 is 9.96 Å². The van der Waals surface area contributed by atoms with Crippen LogP contribution in [-0.2, 0) is 18.1 Å². The molecule has 2 N–H and O–H groups in total. The van der Waals surface area contributed by atoms with Crippen LogP contribution in [0.4, 0.5) is 10.5 Å². The second-order valence-corrected chi connectivity index (χ2v) is 6.67. The summed E-state index contributed by atoms with van der Waals surface area (Å²) in [5, 5.41) is 12.2. The van der Waals surface area contributed by atoms with Gasteiger partial charge < -0.3 is 5.11 Å². The number of quaternary nitrogens is 1. The van der Waals surface area contributed by atoms with Crippen LogP contribution in [0.15, 0.2) is 48.5 Å². The molecule has 0 saturated carbocycles. The number of hydrogen-bond donors (Lipinski definition) is 2.